The Balaban J connectivity index is 1.62. The minimum Gasteiger partial charge on any atom is -0.497 e. The summed E-state index contributed by atoms with van der Waals surface area (Å²) in [7, 11) is 1.61. The molecule has 4 atom stereocenters. The van der Waals surface area contributed by atoms with Crippen LogP contribution >= 0.6 is 0 Å². The highest BCUT2D eigenvalue weighted by Gasteiger charge is 2.55. The third-order valence-electron chi connectivity index (χ3n) is 5.14. The number of hydrogen-bond donors (Lipinski definition) is 4. The Hall–Kier alpha value is -3.23. The Kier molecular flexibility index (Phi) is 5.27. The van der Waals surface area contributed by atoms with Gasteiger partial charge in [0.2, 0.25) is 0 Å². The summed E-state index contributed by atoms with van der Waals surface area (Å²) in [6, 6.07) is 7.61. The number of ether oxygens (including phenoxy) is 2. The van der Waals surface area contributed by atoms with E-state index in [-0.39, 0.29) is 0 Å². The zero-order chi connectivity index (χ0) is 21.3. The molecular formula is C20H21N5O5. The quantitative estimate of drug-likeness (QED) is 0.415. The lowest BCUT2D eigenvalue weighted by atomic mass is 9.93. The lowest BCUT2D eigenvalue weighted by molar-refractivity contribution is -0.0605. The Labute approximate surface area is 172 Å². The molecule has 1 aromatic carbocycles. The molecule has 1 aliphatic heterocycles. The molecule has 0 saturated carbocycles. The largest absolute Gasteiger partial charge is 0.497 e. The van der Waals surface area contributed by atoms with E-state index in [2.05, 4.69) is 26.2 Å². The van der Waals surface area contributed by atoms with Crippen LogP contribution in [0.3, 0.4) is 0 Å². The topological polar surface area (TPSA) is 135 Å². The molecule has 1 aliphatic rings. The monoisotopic (exact) mass is 411 g/mol. The van der Waals surface area contributed by atoms with Gasteiger partial charge in [-0.2, -0.15) is 0 Å². The maximum absolute atomic E-state index is 10.6. The van der Waals surface area contributed by atoms with Crippen LogP contribution in [0, 0.1) is 12.3 Å². The third-order valence-corrected chi connectivity index (χ3v) is 5.14. The van der Waals surface area contributed by atoms with Crippen molar-refractivity contribution in [1.82, 2.24) is 19.5 Å². The number of methoxy groups -OCH3 is 1. The highest BCUT2D eigenvalue weighted by Crippen LogP contribution is 2.38. The van der Waals surface area contributed by atoms with Crippen LogP contribution in [0.2, 0.25) is 0 Å². The second kappa shape index (κ2) is 7.89. The molecule has 4 N–H and O–H groups in total. The Bertz CT molecular complexity index is 1100. The number of fused-ring (bicyclic) bond motifs is 1. The van der Waals surface area contributed by atoms with Gasteiger partial charge in [-0.3, -0.25) is 4.57 Å². The number of nitrogens with one attached hydrogen (secondary N) is 1. The molecule has 0 spiro atoms. The van der Waals surface area contributed by atoms with E-state index in [1.54, 1.807) is 7.11 Å². The summed E-state index contributed by atoms with van der Waals surface area (Å²) in [4.78, 5) is 12.8. The number of rotatable bonds is 6. The van der Waals surface area contributed by atoms with Crippen molar-refractivity contribution < 1.29 is 24.8 Å². The summed E-state index contributed by atoms with van der Waals surface area (Å²) >= 11 is 0. The summed E-state index contributed by atoms with van der Waals surface area (Å²) < 4.78 is 12.3. The number of benzene rings is 1. The Morgan fingerprint density at radius 3 is 2.90 bits per heavy atom. The number of aromatic nitrogens is 4. The van der Waals surface area contributed by atoms with Crippen molar-refractivity contribution in [2.24, 2.45) is 0 Å². The average Bonchev–Trinajstić information content (AvgIpc) is 3.32. The van der Waals surface area contributed by atoms with Gasteiger partial charge in [-0.1, -0.05) is 18.1 Å². The fourth-order valence-corrected chi connectivity index (χ4v) is 3.47. The molecule has 10 nitrogen and oxygen atoms in total. The molecule has 30 heavy (non-hydrogen) atoms. The minimum absolute atomic E-state index is 0.375. The van der Waals surface area contributed by atoms with Gasteiger partial charge in [0.25, 0.3) is 0 Å². The first-order valence-electron chi connectivity index (χ1n) is 9.20. The summed E-state index contributed by atoms with van der Waals surface area (Å²) in [6.45, 7) is -0.0780. The second-order valence-electron chi connectivity index (χ2n) is 6.86. The predicted molar refractivity (Wildman–Crippen MR) is 106 cm³/mol. The Morgan fingerprint density at radius 2 is 2.20 bits per heavy atom. The molecule has 1 fully saturated rings. The first-order valence-corrected chi connectivity index (χ1v) is 9.20. The summed E-state index contributed by atoms with van der Waals surface area (Å²) in [5.74, 6) is 3.36. The van der Waals surface area contributed by atoms with E-state index < -0.39 is 30.6 Å². The van der Waals surface area contributed by atoms with Crippen molar-refractivity contribution in [1.29, 1.82) is 0 Å². The molecule has 2 aromatic heterocycles. The van der Waals surface area contributed by atoms with Crippen LogP contribution in [0.15, 0.2) is 36.9 Å². The van der Waals surface area contributed by atoms with Crippen molar-refractivity contribution >= 4 is 17.0 Å². The van der Waals surface area contributed by atoms with Crippen molar-refractivity contribution in [2.75, 3.05) is 19.0 Å². The van der Waals surface area contributed by atoms with Gasteiger partial charge in [-0.15, -0.1) is 6.42 Å². The number of anilines is 1. The van der Waals surface area contributed by atoms with Crippen LogP contribution in [0.25, 0.3) is 11.2 Å². The summed E-state index contributed by atoms with van der Waals surface area (Å²) in [5, 5.41) is 33.8. The normalized spacial score (nSPS) is 25.9. The maximum Gasteiger partial charge on any atom is 0.183 e. The molecule has 0 bridgehead atoms. The average molecular weight is 411 g/mol. The van der Waals surface area contributed by atoms with Gasteiger partial charge in [0.1, 0.15) is 24.3 Å². The second-order valence-corrected chi connectivity index (χ2v) is 6.86. The fourth-order valence-electron chi connectivity index (χ4n) is 3.47. The molecule has 0 amide bonds. The zero-order valence-corrected chi connectivity index (χ0v) is 16.1. The highest BCUT2D eigenvalue weighted by atomic mass is 16.6. The SMILES string of the molecule is C#C[C@]1(O)C(O)[C@H](n2cnc3c(NCc4cccc(OC)c4)ncnc32)O[C@@H]1CO. The van der Waals surface area contributed by atoms with Crippen LogP contribution < -0.4 is 10.1 Å². The van der Waals surface area contributed by atoms with Gasteiger partial charge in [-0.25, -0.2) is 15.0 Å². The van der Waals surface area contributed by atoms with E-state index >= 15 is 0 Å². The summed E-state index contributed by atoms with van der Waals surface area (Å²) in [6.07, 6.45) is 4.44. The van der Waals surface area contributed by atoms with E-state index in [0.717, 1.165) is 11.3 Å². The predicted octanol–water partition coefficient (Wildman–Crippen LogP) is 0.0619. The standard InChI is InChI=1S/C20H21N5O5/c1-3-20(28)14(9-26)30-19(16(20)27)25-11-24-15-17(22-10-23-18(15)25)21-8-12-5-4-6-13(7-12)29-2/h1,4-7,10-11,14,16,19,26-28H,8-9H2,2H3,(H,21,22,23)/t14-,16?,19-,20-/m1/s1. The van der Waals surface area contributed by atoms with Crippen LogP contribution in [0.1, 0.15) is 11.8 Å². The van der Waals surface area contributed by atoms with Crippen molar-refractivity contribution in [3.8, 4) is 18.1 Å². The molecule has 1 saturated heterocycles. The van der Waals surface area contributed by atoms with Crippen LogP contribution in [-0.2, 0) is 11.3 Å². The Morgan fingerprint density at radius 1 is 1.37 bits per heavy atom. The highest BCUT2D eigenvalue weighted by molar-refractivity contribution is 5.82. The molecular weight excluding hydrogens is 390 g/mol. The summed E-state index contributed by atoms with van der Waals surface area (Å²) in [5.41, 5.74) is -0.218. The lowest BCUT2D eigenvalue weighted by Gasteiger charge is -2.23. The number of nitrogens with zero attached hydrogens (tertiary/aromatic N) is 4. The van der Waals surface area contributed by atoms with Crippen molar-refractivity contribution in [3.63, 3.8) is 0 Å². The van der Waals surface area contributed by atoms with Gasteiger partial charge < -0.3 is 30.1 Å². The number of hydrogen-bond acceptors (Lipinski definition) is 9. The van der Waals surface area contributed by atoms with Crippen LogP contribution in [-0.4, -0.2) is 66.4 Å². The van der Waals surface area contributed by atoms with Crippen LogP contribution in [0.5, 0.6) is 5.75 Å². The maximum atomic E-state index is 10.6. The van der Waals surface area contributed by atoms with Crippen LogP contribution in [0.4, 0.5) is 5.82 Å². The van der Waals surface area contributed by atoms with Gasteiger partial charge in [0.05, 0.1) is 20.0 Å². The van der Waals surface area contributed by atoms with E-state index in [0.29, 0.717) is 23.5 Å². The smallest absolute Gasteiger partial charge is 0.183 e. The number of imidazole rings is 1. The third kappa shape index (κ3) is 3.24. The fraction of sp³-hybridized carbons (Fsp3) is 0.350. The molecule has 3 heterocycles. The zero-order valence-electron chi connectivity index (χ0n) is 16.1. The molecule has 0 radical (unpaired) electrons. The molecule has 0 aliphatic carbocycles. The van der Waals surface area contributed by atoms with Gasteiger partial charge in [0.15, 0.2) is 28.8 Å². The molecule has 1 unspecified atom stereocenters. The van der Waals surface area contributed by atoms with E-state index in [1.807, 2.05) is 24.3 Å². The molecule has 4 rings (SSSR count). The van der Waals surface area contributed by atoms with Gasteiger partial charge in [0, 0.05) is 6.54 Å². The lowest BCUT2D eigenvalue weighted by Crippen LogP contribution is -2.47. The molecule has 156 valence electrons. The van der Waals surface area contributed by atoms with E-state index in [4.69, 9.17) is 15.9 Å². The minimum atomic E-state index is -2.03. The first kappa shape index (κ1) is 20.1. The van der Waals surface area contributed by atoms with Crippen molar-refractivity contribution in [2.45, 2.75) is 30.6 Å². The van der Waals surface area contributed by atoms with Gasteiger partial charge >= 0.3 is 0 Å². The van der Waals surface area contributed by atoms with E-state index in [9.17, 15) is 15.3 Å². The molecule has 3 aromatic rings. The number of aliphatic hydroxyl groups is 3. The van der Waals surface area contributed by atoms with E-state index in [1.165, 1.54) is 17.2 Å². The number of aliphatic hydroxyl groups excluding tert-OH is 2. The van der Waals surface area contributed by atoms with Crippen molar-refractivity contribution in [3.05, 3.63) is 42.5 Å². The number of terminal acetylenes is 1. The van der Waals surface area contributed by atoms with Gasteiger partial charge in [-0.05, 0) is 17.7 Å². The molecule has 10 heteroatoms. The first-order chi connectivity index (χ1) is 14.5.